The molecule has 2 heterocycles. The normalized spacial score (nSPS) is 44.2. The first kappa shape index (κ1) is 21.5. The van der Waals surface area contributed by atoms with Gasteiger partial charge in [0.2, 0.25) is 6.23 Å². The lowest BCUT2D eigenvalue weighted by atomic mass is 9.93. The van der Waals surface area contributed by atoms with E-state index in [1.165, 1.54) is 6.92 Å². The van der Waals surface area contributed by atoms with Crippen LogP contribution in [0.2, 0.25) is 0 Å². The van der Waals surface area contributed by atoms with Crippen LogP contribution in [-0.4, -0.2) is 84.0 Å². The summed E-state index contributed by atoms with van der Waals surface area (Å²) < 4.78 is 51.9. The molecule has 0 radical (unpaired) electrons. The van der Waals surface area contributed by atoms with E-state index in [0.717, 1.165) is 0 Å². The van der Waals surface area contributed by atoms with Gasteiger partial charge in [-0.2, -0.15) is 8.42 Å². The molecule has 2 fully saturated rings. The van der Waals surface area contributed by atoms with Crippen LogP contribution in [0.3, 0.4) is 0 Å². The number of hydrogen-bond donors (Lipinski definition) is 4. The minimum Gasteiger partial charge on any atom is -0.394 e. The molecule has 13 heteroatoms. The number of ether oxygens (including phenoxy) is 3. The van der Waals surface area contributed by atoms with Gasteiger partial charge in [0.1, 0.15) is 30.5 Å². The highest BCUT2D eigenvalue weighted by molar-refractivity contribution is 7.80. The minimum atomic E-state index is -4.93. The molecule has 0 aromatic carbocycles. The molecule has 0 aliphatic carbocycles. The number of nitrogens with zero attached hydrogens (tertiary/aromatic N) is 1. The minimum absolute atomic E-state index is 0.391. The second-order valence-corrected chi connectivity index (χ2v) is 7.28. The Hall–Kier alpha value is -0.770. The van der Waals surface area contributed by atoms with Crippen molar-refractivity contribution in [1.29, 1.82) is 0 Å². The summed E-state index contributed by atoms with van der Waals surface area (Å²) in [4.78, 5) is 10.9. The first-order valence-corrected chi connectivity index (χ1v) is 9.41. The molecule has 152 valence electrons. The summed E-state index contributed by atoms with van der Waals surface area (Å²) in [7, 11) is -4.93. The van der Waals surface area contributed by atoms with Gasteiger partial charge in [0.05, 0.1) is 12.7 Å². The lowest BCUT2D eigenvalue weighted by molar-refractivity contribution is -0.296. The van der Waals surface area contributed by atoms with E-state index in [2.05, 4.69) is 9.36 Å². The summed E-state index contributed by atoms with van der Waals surface area (Å²) in [6.07, 6.45) is -9.62. The zero-order chi connectivity index (χ0) is 19.6. The van der Waals surface area contributed by atoms with Gasteiger partial charge in [-0.1, -0.05) is 13.8 Å². The Morgan fingerprint density at radius 1 is 1.12 bits per heavy atom. The van der Waals surface area contributed by atoms with Crippen LogP contribution in [0, 0.1) is 10.8 Å². The highest BCUT2D eigenvalue weighted by atomic mass is 32.3. The predicted molar refractivity (Wildman–Crippen MR) is 83.0 cm³/mol. The van der Waals surface area contributed by atoms with Crippen LogP contribution in [0.5, 0.6) is 0 Å². The Morgan fingerprint density at radius 2 is 1.77 bits per heavy atom. The third-order valence-electron chi connectivity index (χ3n) is 4.53. The topological polar surface area (TPSA) is 181 Å². The van der Waals surface area contributed by atoms with Crippen LogP contribution in [0.25, 0.3) is 0 Å². The SMILES string of the molecule is CCC1OC(CO)C(O)C1OC1OC(N=O)C(O)C(C)C1OS(=O)(=O)O. The van der Waals surface area contributed by atoms with Gasteiger partial charge in [0.15, 0.2) is 6.29 Å². The van der Waals surface area contributed by atoms with Crippen molar-refractivity contribution < 1.29 is 46.7 Å². The molecule has 12 nitrogen and oxygen atoms in total. The third-order valence-corrected chi connectivity index (χ3v) is 5.00. The zero-order valence-electron chi connectivity index (χ0n) is 14.1. The molecule has 2 saturated heterocycles. The van der Waals surface area contributed by atoms with Gasteiger partial charge in [0, 0.05) is 5.92 Å². The van der Waals surface area contributed by atoms with E-state index < -0.39 is 72.1 Å². The van der Waals surface area contributed by atoms with Gasteiger partial charge >= 0.3 is 10.4 Å². The Labute approximate surface area is 149 Å². The second-order valence-electron chi connectivity index (χ2n) is 6.23. The molecule has 9 unspecified atom stereocenters. The number of hydrogen-bond acceptors (Lipinski definition) is 11. The highest BCUT2D eigenvalue weighted by Gasteiger charge is 2.51. The molecule has 0 amide bonds. The van der Waals surface area contributed by atoms with Gasteiger partial charge < -0.3 is 29.5 Å². The standard InChI is InChI=1S/C13H23NO11S/c1-3-6-11(9(17)7(4-15)22-6)23-13-10(25-26(19,20)21)5(2)8(16)12(14-18)24-13/h5-13,15-17H,3-4H2,1-2H3,(H,19,20,21). The molecule has 0 saturated carbocycles. The Bertz CT molecular complexity index is 585. The van der Waals surface area contributed by atoms with Crippen molar-refractivity contribution in [3.05, 3.63) is 4.91 Å². The van der Waals surface area contributed by atoms with E-state index in [1.807, 2.05) is 0 Å². The Balaban J connectivity index is 2.25. The molecule has 2 rings (SSSR count). The Morgan fingerprint density at radius 3 is 2.27 bits per heavy atom. The van der Waals surface area contributed by atoms with Crippen molar-refractivity contribution in [3.8, 4) is 0 Å². The number of nitroso groups, excluding NO2 is 1. The lowest BCUT2D eigenvalue weighted by Crippen LogP contribution is -2.56. The predicted octanol–water partition coefficient (Wildman–Crippen LogP) is -1.46. The second kappa shape index (κ2) is 8.50. The van der Waals surface area contributed by atoms with Crippen molar-refractivity contribution >= 4 is 10.4 Å². The average molecular weight is 401 g/mol. The lowest BCUT2D eigenvalue weighted by Gasteiger charge is -2.41. The van der Waals surface area contributed by atoms with Gasteiger partial charge in [-0.25, -0.2) is 4.18 Å². The van der Waals surface area contributed by atoms with E-state index in [-0.39, 0.29) is 0 Å². The maximum Gasteiger partial charge on any atom is 0.397 e. The molecular weight excluding hydrogens is 378 g/mol. The summed E-state index contributed by atoms with van der Waals surface area (Å²) in [6, 6.07) is 0. The monoisotopic (exact) mass is 401 g/mol. The fourth-order valence-electron chi connectivity index (χ4n) is 3.08. The Kier molecular flexibility index (Phi) is 7.04. The van der Waals surface area contributed by atoms with E-state index in [0.29, 0.717) is 6.42 Å². The van der Waals surface area contributed by atoms with Gasteiger partial charge in [-0.3, -0.25) is 4.55 Å². The first-order chi connectivity index (χ1) is 12.1. The van der Waals surface area contributed by atoms with Crippen molar-refractivity contribution in [2.24, 2.45) is 11.1 Å². The third kappa shape index (κ3) is 4.55. The fraction of sp³-hybridized carbons (Fsp3) is 1.00. The summed E-state index contributed by atoms with van der Waals surface area (Å²) >= 11 is 0. The maximum absolute atomic E-state index is 11.1. The molecule has 0 bridgehead atoms. The van der Waals surface area contributed by atoms with Gasteiger partial charge in [-0.15, -0.1) is 4.91 Å². The maximum atomic E-state index is 11.1. The molecule has 0 aromatic heterocycles. The van der Waals surface area contributed by atoms with E-state index in [9.17, 15) is 28.6 Å². The molecule has 2 aliphatic rings. The molecule has 0 aromatic rings. The van der Waals surface area contributed by atoms with Crippen molar-refractivity contribution in [2.45, 2.75) is 69.4 Å². The smallest absolute Gasteiger partial charge is 0.394 e. The van der Waals surface area contributed by atoms with Crippen LogP contribution in [0.4, 0.5) is 0 Å². The molecule has 0 spiro atoms. The number of rotatable bonds is 7. The zero-order valence-corrected chi connectivity index (χ0v) is 14.9. The van der Waals surface area contributed by atoms with Crippen LogP contribution in [-0.2, 0) is 28.8 Å². The summed E-state index contributed by atoms with van der Waals surface area (Å²) in [5, 5.41) is 32.1. The molecule has 9 atom stereocenters. The van der Waals surface area contributed by atoms with Crippen molar-refractivity contribution in [1.82, 2.24) is 0 Å². The van der Waals surface area contributed by atoms with E-state index in [1.54, 1.807) is 6.92 Å². The van der Waals surface area contributed by atoms with E-state index in [4.69, 9.17) is 18.8 Å². The van der Waals surface area contributed by atoms with Crippen LogP contribution in [0.1, 0.15) is 20.3 Å². The number of aliphatic hydroxyl groups is 3. The molecule has 26 heavy (non-hydrogen) atoms. The van der Waals surface area contributed by atoms with Crippen LogP contribution < -0.4 is 0 Å². The highest BCUT2D eigenvalue weighted by Crippen LogP contribution is 2.34. The number of aliphatic hydroxyl groups excluding tert-OH is 3. The quantitative estimate of drug-likeness (QED) is 0.289. The molecule has 4 N–H and O–H groups in total. The summed E-state index contributed by atoms with van der Waals surface area (Å²) in [6.45, 7) is 2.62. The largest absolute Gasteiger partial charge is 0.397 e. The summed E-state index contributed by atoms with van der Waals surface area (Å²) in [5.41, 5.74) is 0. The fourth-order valence-corrected chi connectivity index (χ4v) is 3.63. The van der Waals surface area contributed by atoms with Crippen LogP contribution in [0.15, 0.2) is 5.18 Å². The van der Waals surface area contributed by atoms with Crippen LogP contribution >= 0.6 is 0 Å². The van der Waals surface area contributed by atoms with Gasteiger partial charge in [0.25, 0.3) is 0 Å². The first-order valence-electron chi connectivity index (χ1n) is 8.04. The summed E-state index contributed by atoms with van der Waals surface area (Å²) in [5.74, 6) is -1.02. The molecular formula is C13H23NO11S. The van der Waals surface area contributed by atoms with Crippen molar-refractivity contribution in [2.75, 3.05) is 6.61 Å². The van der Waals surface area contributed by atoms with E-state index >= 15 is 0 Å². The van der Waals surface area contributed by atoms with Gasteiger partial charge in [-0.05, 0) is 11.6 Å². The average Bonchev–Trinajstić information content (AvgIpc) is 2.88. The van der Waals surface area contributed by atoms with Crippen molar-refractivity contribution in [3.63, 3.8) is 0 Å². The molecule has 2 aliphatic heterocycles.